The molecule has 120 valence electrons. The van der Waals surface area contributed by atoms with E-state index in [4.69, 9.17) is 4.74 Å². The standard InChI is InChI=1S/C17H25N3O2/c1-3-13-4-6-15(7-5-13)19-20-17(21)12-18-14-8-10-16(22-2)11-9-14/h6,8-11,13,18-19H,3-5,7,12H2,1-2H3,(H,20,21)/t13-/m1/s1. The number of benzene rings is 1. The monoisotopic (exact) mass is 303 g/mol. The average Bonchev–Trinajstić information content (AvgIpc) is 2.59. The Hall–Kier alpha value is -2.17. The Morgan fingerprint density at radius 2 is 2.09 bits per heavy atom. The maximum absolute atomic E-state index is 11.8. The van der Waals surface area contributed by atoms with E-state index in [1.165, 1.54) is 12.8 Å². The predicted molar refractivity (Wildman–Crippen MR) is 88.5 cm³/mol. The zero-order valence-corrected chi connectivity index (χ0v) is 13.3. The number of methoxy groups -OCH3 is 1. The molecule has 3 N–H and O–H groups in total. The van der Waals surface area contributed by atoms with Gasteiger partial charge in [0.15, 0.2) is 0 Å². The second-order valence-electron chi connectivity index (χ2n) is 5.53. The Morgan fingerprint density at radius 3 is 2.68 bits per heavy atom. The van der Waals surface area contributed by atoms with Crippen LogP contribution in [0.5, 0.6) is 5.75 Å². The first-order valence-corrected chi connectivity index (χ1v) is 7.83. The Bertz CT molecular complexity index is 511. The Morgan fingerprint density at radius 1 is 1.32 bits per heavy atom. The Labute approximate surface area is 132 Å². The first-order chi connectivity index (χ1) is 10.7. The van der Waals surface area contributed by atoms with Gasteiger partial charge in [0.2, 0.25) is 0 Å². The van der Waals surface area contributed by atoms with Gasteiger partial charge in [-0.05, 0) is 49.4 Å². The lowest BCUT2D eigenvalue weighted by Gasteiger charge is -2.21. The van der Waals surface area contributed by atoms with Crippen molar-refractivity contribution in [3.63, 3.8) is 0 Å². The smallest absolute Gasteiger partial charge is 0.257 e. The molecule has 0 bridgehead atoms. The van der Waals surface area contributed by atoms with E-state index in [0.717, 1.165) is 35.9 Å². The van der Waals surface area contributed by atoms with Crippen LogP contribution in [0.15, 0.2) is 36.0 Å². The maximum atomic E-state index is 11.8. The second kappa shape index (κ2) is 8.32. The summed E-state index contributed by atoms with van der Waals surface area (Å²) in [7, 11) is 1.63. The molecule has 1 atom stereocenters. The van der Waals surface area contributed by atoms with E-state index in [2.05, 4.69) is 29.2 Å². The first-order valence-electron chi connectivity index (χ1n) is 7.83. The molecule has 5 heteroatoms. The number of allylic oxidation sites excluding steroid dienone is 2. The van der Waals surface area contributed by atoms with E-state index in [9.17, 15) is 4.79 Å². The lowest BCUT2D eigenvalue weighted by Crippen LogP contribution is -2.40. The van der Waals surface area contributed by atoms with Crippen molar-refractivity contribution < 1.29 is 9.53 Å². The topological polar surface area (TPSA) is 62.4 Å². The number of hydrogen-bond acceptors (Lipinski definition) is 4. The molecule has 0 saturated carbocycles. The molecule has 1 aliphatic carbocycles. The summed E-state index contributed by atoms with van der Waals surface area (Å²) in [5.41, 5.74) is 7.76. The van der Waals surface area contributed by atoms with Gasteiger partial charge in [0.05, 0.1) is 13.7 Å². The summed E-state index contributed by atoms with van der Waals surface area (Å²) in [4.78, 5) is 11.8. The number of carbonyl (C=O) groups is 1. The molecule has 1 amide bonds. The van der Waals surface area contributed by atoms with Crippen LogP contribution in [-0.2, 0) is 4.79 Å². The Balaban J connectivity index is 1.68. The SMILES string of the molecule is CC[C@@H]1CC=C(NNC(=O)CNc2ccc(OC)cc2)CC1. The van der Waals surface area contributed by atoms with Crippen molar-refractivity contribution in [2.45, 2.75) is 32.6 Å². The molecule has 0 spiro atoms. The molecular weight excluding hydrogens is 278 g/mol. The molecule has 22 heavy (non-hydrogen) atoms. The number of hydrazine groups is 1. The molecule has 5 nitrogen and oxygen atoms in total. The summed E-state index contributed by atoms with van der Waals surface area (Å²) >= 11 is 0. The molecule has 1 aliphatic rings. The number of amides is 1. The van der Waals surface area contributed by atoms with E-state index in [-0.39, 0.29) is 12.5 Å². The number of ether oxygens (including phenoxy) is 1. The maximum Gasteiger partial charge on any atom is 0.257 e. The molecule has 0 aromatic heterocycles. The average molecular weight is 303 g/mol. The highest BCUT2D eigenvalue weighted by Crippen LogP contribution is 2.23. The molecule has 0 heterocycles. The van der Waals surface area contributed by atoms with Crippen molar-refractivity contribution in [1.82, 2.24) is 10.9 Å². The number of anilines is 1. The van der Waals surface area contributed by atoms with Crippen molar-refractivity contribution in [2.75, 3.05) is 19.0 Å². The molecule has 0 aliphatic heterocycles. The third kappa shape index (κ3) is 4.98. The van der Waals surface area contributed by atoms with Crippen molar-refractivity contribution in [2.24, 2.45) is 5.92 Å². The summed E-state index contributed by atoms with van der Waals surface area (Å²) < 4.78 is 5.09. The number of nitrogens with one attached hydrogen (secondary N) is 3. The molecule has 0 unspecified atom stereocenters. The Kier molecular flexibility index (Phi) is 6.13. The normalized spacial score (nSPS) is 17.4. The third-order valence-electron chi connectivity index (χ3n) is 4.00. The highest BCUT2D eigenvalue weighted by atomic mass is 16.5. The molecular formula is C17H25N3O2. The van der Waals surface area contributed by atoms with Crippen LogP contribution in [0.25, 0.3) is 0 Å². The van der Waals surface area contributed by atoms with Crippen molar-refractivity contribution in [3.05, 3.63) is 36.0 Å². The molecule has 0 radical (unpaired) electrons. The van der Waals surface area contributed by atoms with Gasteiger partial charge in [0.1, 0.15) is 5.75 Å². The van der Waals surface area contributed by atoms with Crippen LogP contribution in [0.2, 0.25) is 0 Å². The minimum absolute atomic E-state index is 0.0886. The first kappa shape index (κ1) is 16.2. The molecule has 1 aromatic carbocycles. The van der Waals surface area contributed by atoms with Gasteiger partial charge in [-0.1, -0.05) is 19.4 Å². The van der Waals surface area contributed by atoms with Gasteiger partial charge in [0.25, 0.3) is 5.91 Å². The summed E-state index contributed by atoms with van der Waals surface area (Å²) in [5, 5.41) is 3.07. The lowest BCUT2D eigenvalue weighted by atomic mass is 9.91. The largest absolute Gasteiger partial charge is 0.497 e. The fourth-order valence-corrected chi connectivity index (χ4v) is 2.46. The zero-order chi connectivity index (χ0) is 15.8. The van der Waals surface area contributed by atoms with E-state index < -0.39 is 0 Å². The number of carbonyl (C=O) groups excluding carboxylic acids is 1. The number of rotatable bonds is 7. The van der Waals surface area contributed by atoms with E-state index in [1.807, 2.05) is 24.3 Å². The summed E-state index contributed by atoms with van der Waals surface area (Å²) in [5.74, 6) is 1.50. The molecule has 0 fully saturated rings. The fraction of sp³-hybridized carbons (Fsp3) is 0.471. The van der Waals surface area contributed by atoms with Gasteiger partial charge in [-0.3, -0.25) is 10.2 Å². The van der Waals surface area contributed by atoms with Crippen LogP contribution < -0.4 is 20.9 Å². The van der Waals surface area contributed by atoms with Gasteiger partial charge < -0.3 is 15.5 Å². The summed E-state index contributed by atoms with van der Waals surface area (Å²) in [6.07, 6.45) is 6.70. The molecule has 2 rings (SSSR count). The van der Waals surface area contributed by atoms with Crippen LogP contribution in [0.3, 0.4) is 0 Å². The minimum atomic E-state index is -0.0886. The summed E-state index contributed by atoms with van der Waals surface area (Å²) in [6, 6.07) is 7.48. The van der Waals surface area contributed by atoms with Crippen LogP contribution in [0.1, 0.15) is 32.6 Å². The van der Waals surface area contributed by atoms with Gasteiger partial charge in [-0.2, -0.15) is 0 Å². The quantitative estimate of drug-likeness (QED) is 0.678. The summed E-state index contributed by atoms with van der Waals surface area (Å²) in [6.45, 7) is 2.45. The van der Waals surface area contributed by atoms with Gasteiger partial charge >= 0.3 is 0 Å². The molecule has 0 saturated heterocycles. The fourth-order valence-electron chi connectivity index (χ4n) is 2.46. The van der Waals surface area contributed by atoms with Crippen molar-refractivity contribution >= 4 is 11.6 Å². The van der Waals surface area contributed by atoms with Crippen LogP contribution in [-0.4, -0.2) is 19.6 Å². The van der Waals surface area contributed by atoms with Crippen molar-refractivity contribution in [3.8, 4) is 5.75 Å². The molecule has 1 aromatic rings. The predicted octanol–water partition coefficient (Wildman–Crippen LogP) is 2.82. The van der Waals surface area contributed by atoms with Crippen LogP contribution in [0.4, 0.5) is 5.69 Å². The third-order valence-corrected chi connectivity index (χ3v) is 4.00. The highest BCUT2D eigenvalue weighted by Gasteiger charge is 2.12. The van der Waals surface area contributed by atoms with Crippen molar-refractivity contribution in [1.29, 1.82) is 0 Å². The minimum Gasteiger partial charge on any atom is -0.497 e. The number of hydrogen-bond donors (Lipinski definition) is 3. The lowest BCUT2D eigenvalue weighted by molar-refractivity contribution is -0.120. The van der Waals surface area contributed by atoms with E-state index >= 15 is 0 Å². The zero-order valence-electron chi connectivity index (χ0n) is 13.3. The van der Waals surface area contributed by atoms with Crippen LogP contribution in [0, 0.1) is 5.92 Å². The van der Waals surface area contributed by atoms with Gasteiger partial charge in [-0.25, -0.2) is 0 Å². The van der Waals surface area contributed by atoms with E-state index in [0.29, 0.717) is 0 Å². The van der Waals surface area contributed by atoms with Gasteiger partial charge in [-0.15, -0.1) is 0 Å². The van der Waals surface area contributed by atoms with E-state index in [1.54, 1.807) is 7.11 Å². The highest BCUT2D eigenvalue weighted by molar-refractivity contribution is 5.80. The second-order valence-corrected chi connectivity index (χ2v) is 5.53. The van der Waals surface area contributed by atoms with Gasteiger partial charge in [0, 0.05) is 11.4 Å². The van der Waals surface area contributed by atoms with Crippen LogP contribution >= 0.6 is 0 Å².